The highest BCUT2D eigenvalue weighted by Crippen LogP contribution is 2.31. The van der Waals surface area contributed by atoms with Gasteiger partial charge in [-0.25, -0.2) is 4.98 Å². The predicted octanol–water partition coefficient (Wildman–Crippen LogP) is 4.01. The minimum Gasteiger partial charge on any atom is -0.445 e. The largest absolute Gasteiger partial charge is 0.445 e. The van der Waals surface area contributed by atoms with Gasteiger partial charge in [-0.15, -0.1) is 0 Å². The first-order valence-corrected chi connectivity index (χ1v) is 8.89. The molecule has 134 valence electrons. The molecular weight excluding hydrogens is 316 g/mol. The number of nitrogens with one attached hydrogen (secondary N) is 1. The number of benzene rings is 1. The number of hydrogen-bond donors (Lipinski definition) is 1. The standard InChI is InChI=1S/C20H26N2O3/c1-14(12-20(2,3)15-8-5-4-6-9-15)22-19(23)17-18(25-13-21-17)16-10-7-11-24-16/h4-6,8-9,13-14,16H,7,10-12H2,1-3H3,(H,22,23). The molecule has 1 fully saturated rings. The average molecular weight is 342 g/mol. The SMILES string of the molecule is CC(CC(C)(C)c1ccccc1)NC(=O)c1ncoc1C1CCCO1. The van der Waals surface area contributed by atoms with Crippen LogP contribution < -0.4 is 5.32 Å². The number of aromatic nitrogens is 1. The van der Waals surface area contributed by atoms with E-state index in [2.05, 4.69) is 36.3 Å². The summed E-state index contributed by atoms with van der Waals surface area (Å²) in [5.74, 6) is 0.347. The minimum absolute atomic E-state index is 0.0109. The summed E-state index contributed by atoms with van der Waals surface area (Å²) in [7, 11) is 0. The van der Waals surface area contributed by atoms with Crippen LogP contribution in [0.5, 0.6) is 0 Å². The zero-order chi connectivity index (χ0) is 17.9. The van der Waals surface area contributed by atoms with Gasteiger partial charge in [-0.2, -0.15) is 0 Å². The number of amides is 1. The van der Waals surface area contributed by atoms with Crippen LogP contribution in [-0.2, 0) is 10.2 Å². The van der Waals surface area contributed by atoms with Crippen molar-refractivity contribution in [2.24, 2.45) is 0 Å². The van der Waals surface area contributed by atoms with Crippen LogP contribution in [-0.4, -0.2) is 23.5 Å². The topological polar surface area (TPSA) is 64.4 Å². The minimum atomic E-state index is -0.199. The van der Waals surface area contributed by atoms with E-state index >= 15 is 0 Å². The molecule has 1 aromatic heterocycles. The maximum absolute atomic E-state index is 12.6. The first-order valence-electron chi connectivity index (χ1n) is 8.89. The summed E-state index contributed by atoms with van der Waals surface area (Å²) in [6.07, 6.45) is 3.85. The van der Waals surface area contributed by atoms with Crippen LogP contribution >= 0.6 is 0 Å². The van der Waals surface area contributed by atoms with Crippen molar-refractivity contribution in [3.05, 3.63) is 53.7 Å². The van der Waals surface area contributed by atoms with E-state index in [0.29, 0.717) is 18.1 Å². The van der Waals surface area contributed by atoms with Crippen molar-refractivity contribution >= 4 is 5.91 Å². The molecule has 1 aliphatic heterocycles. The van der Waals surface area contributed by atoms with Crippen LogP contribution in [0, 0.1) is 0 Å². The second kappa shape index (κ2) is 7.40. The van der Waals surface area contributed by atoms with Crippen molar-refractivity contribution in [2.75, 3.05) is 6.61 Å². The number of carbonyl (C=O) groups excluding carboxylic acids is 1. The highest BCUT2D eigenvalue weighted by Gasteiger charge is 2.29. The van der Waals surface area contributed by atoms with Crippen molar-refractivity contribution in [1.82, 2.24) is 10.3 Å². The molecule has 25 heavy (non-hydrogen) atoms. The fourth-order valence-corrected chi connectivity index (χ4v) is 3.55. The molecule has 5 nitrogen and oxygen atoms in total. The molecule has 1 amide bonds. The molecular formula is C20H26N2O3. The van der Waals surface area contributed by atoms with Gasteiger partial charge in [0.2, 0.25) is 0 Å². The van der Waals surface area contributed by atoms with Gasteiger partial charge in [0.05, 0.1) is 0 Å². The Morgan fingerprint density at radius 1 is 1.36 bits per heavy atom. The molecule has 0 radical (unpaired) electrons. The van der Waals surface area contributed by atoms with Crippen LogP contribution in [0.1, 0.15) is 67.9 Å². The van der Waals surface area contributed by atoms with Gasteiger partial charge in [0, 0.05) is 12.6 Å². The Morgan fingerprint density at radius 3 is 2.80 bits per heavy atom. The third-order valence-corrected chi connectivity index (χ3v) is 4.78. The summed E-state index contributed by atoms with van der Waals surface area (Å²) in [4.78, 5) is 16.7. The van der Waals surface area contributed by atoms with E-state index in [1.54, 1.807) is 0 Å². The number of nitrogens with zero attached hydrogens (tertiary/aromatic N) is 1. The first kappa shape index (κ1) is 17.7. The lowest BCUT2D eigenvalue weighted by Crippen LogP contribution is -2.37. The summed E-state index contributed by atoms with van der Waals surface area (Å²) in [5, 5.41) is 3.06. The Kier molecular flexibility index (Phi) is 5.23. The normalized spacial score (nSPS) is 18.9. The number of rotatable bonds is 6. The van der Waals surface area contributed by atoms with Crippen LogP contribution in [0.3, 0.4) is 0 Å². The molecule has 0 bridgehead atoms. The zero-order valence-corrected chi connectivity index (χ0v) is 15.1. The molecule has 2 aromatic rings. The van der Waals surface area contributed by atoms with Gasteiger partial charge >= 0.3 is 0 Å². The fraction of sp³-hybridized carbons (Fsp3) is 0.500. The van der Waals surface area contributed by atoms with Crippen molar-refractivity contribution in [1.29, 1.82) is 0 Å². The summed E-state index contributed by atoms with van der Waals surface area (Å²) in [6.45, 7) is 7.11. The maximum atomic E-state index is 12.6. The lowest BCUT2D eigenvalue weighted by Gasteiger charge is -2.29. The highest BCUT2D eigenvalue weighted by atomic mass is 16.5. The van der Waals surface area contributed by atoms with Crippen LogP contribution in [0.25, 0.3) is 0 Å². The van der Waals surface area contributed by atoms with E-state index in [9.17, 15) is 4.79 Å². The Morgan fingerprint density at radius 2 is 2.12 bits per heavy atom. The molecule has 0 spiro atoms. The number of ether oxygens (including phenoxy) is 1. The molecule has 0 aliphatic carbocycles. The fourth-order valence-electron chi connectivity index (χ4n) is 3.55. The second-order valence-electron chi connectivity index (χ2n) is 7.40. The highest BCUT2D eigenvalue weighted by molar-refractivity contribution is 5.93. The van der Waals surface area contributed by atoms with Crippen LogP contribution in [0.4, 0.5) is 0 Å². The molecule has 1 aromatic carbocycles. The smallest absolute Gasteiger partial charge is 0.273 e. The van der Waals surface area contributed by atoms with E-state index < -0.39 is 0 Å². The predicted molar refractivity (Wildman–Crippen MR) is 95.4 cm³/mol. The molecule has 0 saturated carbocycles. The summed E-state index contributed by atoms with van der Waals surface area (Å²) >= 11 is 0. The average Bonchev–Trinajstić information content (AvgIpc) is 3.26. The van der Waals surface area contributed by atoms with Gasteiger partial charge in [0.15, 0.2) is 17.8 Å². The van der Waals surface area contributed by atoms with Crippen molar-refractivity contribution in [3.8, 4) is 0 Å². The molecule has 1 N–H and O–H groups in total. The first-order chi connectivity index (χ1) is 12.0. The molecule has 1 saturated heterocycles. The number of oxazole rings is 1. The molecule has 5 heteroatoms. The Hall–Kier alpha value is -2.14. The van der Waals surface area contributed by atoms with E-state index in [4.69, 9.17) is 9.15 Å². The van der Waals surface area contributed by atoms with Crippen molar-refractivity contribution in [2.45, 2.75) is 57.6 Å². The van der Waals surface area contributed by atoms with Gasteiger partial charge in [-0.3, -0.25) is 4.79 Å². The van der Waals surface area contributed by atoms with Crippen molar-refractivity contribution in [3.63, 3.8) is 0 Å². The Bertz CT molecular complexity index is 703. The molecule has 3 rings (SSSR count). The Labute approximate surface area is 148 Å². The lowest BCUT2D eigenvalue weighted by molar-refractivity contribution is 0.0851. The van der Waals surface area contributed by atoms with E-state index in [0.717, 1.165) is 19.3 Å². The monoisotopic (exact) mass is 342 g/mol. The lowest BCUT2D eigenvalue weighted by atomic mass is 9.79. The number of hydrogen-bond acceptors (Lipinski definition) is 4. The van der Waals surface area contributed by atoms with Gasteiger partial charge in [0.1, 0.15) is 6.10 Å². The van der Waals surface area contributed by atoms with Gasteiger partial charge in [0.25, 0.3) is 5.91 Å². The van der Waals surface area contributed by atoms with Crippen molar-refractivity contribution < 1.29 is 13.9 Å². The van der Waals surface area contributed by atoms with E-state index in [1.165, 1.54) is 12.0 Å². The molecule has 2 heterocycles. The third kappa shape index (κ3) is 4.10. The summed E-state index contributed by atoms with van der Waals surface area (Å²) in [5.41, 5.74) is 1.57. The van der Waals surface area contributed by atoms with E-state index in [-0.39, 0.29) is 23.5 Å². The van der Waals surface area contributed by atoms with Gasteiger partial charge in [-0.1, -0.05) is 44.2 Å². The van der Waals surface area contributed by atoms with Gasteiger partial charge < -0.3 is 14.5 Å². The quantitative estimate of drug-likeness (QED) is 0.861. The second-order valence-corrected chi connectivity index (χ2v) is 7.40. The van der Waals surface area contributed by atoms with Crippen LogP contribution in [0.2, 0.25) is 0 Å². The molecule has 2 atom stereocenters. The molecule has 1 aliphatic rings. The summed E-state index contributed by atoms with van der Waals surface area (Å²) in [6, 6.07) is 10.4. The molecule has 2 unspecified atom stereocenters. The zero-order valence-electron chi connectivity index (χ0n) is 15.1. The maximum Gasteiger partial charge on any atom is 0.273 e. The van der Waals surface area contributed by atoms with Gasteiger partial charge in [-0.05, 0) is 37.2 Å². The Balaban J connectivity index is 1.64. The van der Waals surface area contributed by atoms with E-state index in [1.807, 2.05) is 25.1 Å². The summed E-state index contributed by atoms with van der Waals surface area (Å²) < 4.78 is 11.0. The number of carbonyl (C=O) groups is 1. The van der Waals surface area contributed by atoms with Crippen LogP contribution in [0.15, 0.2) is 41.1 Å². The third-order valence-electron chi connectivity index (χ3n) is 4.78.